The van der Waals surface area contributed by atoms with E-state index in [1.807, 2.05) is 41.3 Å². The molecule has 46 heavy (non-hydrogen) atoms. The first kappa shape index (κ1) is 32.1. The molecule has 4 aromatic rings. The maximum atomic E-state index is 13.5. The average molecular weight is 624 g/mol. The largest absolute Gasteiger partial charge is 0.497 e. The van der Waals surface area contributed by atoms with Crippen molar-refractivity contribution in [1.82, 2.24) is 24.2 Å². The fourth-order valence-electron chi connectivity index (χ4n) is 6.81. The molecule has 2 aliphatic heterocycles. The molecule has 0 N–H and O–H groups in total. The molecule has 2 fully saturated rings. The number of benzene rings is 3. The third-order valence-electron chi connectivity index (χ3n) is 9.89. The number of ether oxygens (including phenoxy) is 2. The van der Waals surface area contributed by atoms with Gasteiger partial charge in [0, 0.05) is 87.6 Å². The van der Waals surface area contributed by atoms with Gasteiger partial charge in [0.05, 0.1) is 7.11 Å². The van der Waals surface area contributed by atoms with Gasteiger partial charge in [-0.1, -0.05) is 18.2 Å². The first-order valence-corrected chi connectivity index (χ1v) is 16.8. The van der Waals surface area contributed by atoms with Gasteiger partial charge in [-0.05, 0) is 99.9 Å². The summed E-state index contributed by atoms with van der Waals surface area (Å²) < 4.78 is 14.2. The molecule has 0 bridgehead atoms. The van der Waals surface area contributed by atoms with Gasteiger partial charge < -0.3 is 28.7 Å². The van der Waals surface area contributed by atoms with Crippen molar-refractivity contribution in [1.29, 1.82) is 0 Å². The van der Waals surface area contributed by atoms with Gasteiger partial charge in [-0.25, -0.2) is 0 Å². The third-order valence-corrected chi connectivity index (χ3v) is 9.89. The van der Waals surface area contributed by atoms with Crippen molar-refractivity contribution in [2.24, 2.45) is 0 Å². The molecule has 8 heteroatoms. The standard InChI is InChI=1S/C38H49N5O3/c1-29-30(2)43(16-7-15-40-20-18-39(3)19-21-40)37-13-12-35(28-36(29)37)46-34-11-6-9-32(27-34)38(44)42-24-22-41(23-25-42)17-14-31-8-5-10-33(26-31)45-4/h5-6,8-13,26-28H,7,14-25H2,1-4H3. The molecule has 0 unspecified atom stereocenters. The first-order chi connectivity index (χ1) is 22.4. The molecule has 8 nitrogen and oxygen atoms in total. The number of methoxy groups -OCH3 is 1. The van der Waals surface area contributed by atoms with Crippen molar-refractivity contribution in [2.75, 3.05) is 79.6 Å². The summed E-state index contributed by atoms with van der Waals surface area (Å²) >= 11 is 0. The van der Waals surface area contributed by atoms with E-state index in [0.29, 0.717) is 11.3 Å². The van der Waals surface area contributed by atoms with E-state index in [1.165, 1.54) is 27.7 Å². The molecule has 244 valence electrons. The molecular weight excluding hydrogens is 574 g/mol. The third kappa shape index (κ3) is 7.57. The second kappa shape index (κ2) is 14.7. The number of carbonyl (C=O) groups excluding carboxylic acids is 1. The molecule has 2 saturated heterocycles. The topological polar surface area (TPSA) is 53.4 Å². The average Bonchev–Trinajstić information content (AvgIpc) is 3.32. The summed E-state index contributed by atoms with van der Waals surface area (Å²) in [6.45, 7) is 15.4. The molecule has 0 saturated carbocycles. The molecular formula is C38H49N5O3. The lowest BCUT2D eigenvalue weighted by Crippen LogP contribution is -2.49. The number of rotatable bonds is 11. The van der Waals surface area contributed by atoms with Crippen LogP contribution < -0.4 is 9.47 Å². The fourth-order valence-corrected chi connectivity index (χ4v) is 6.81. The minimum absolute atomic E-state index is 0.0634. The van der Waals surface area contributed by atoms with Crippen LogP contribution in [0.25, 0.3) is 10.9 Å². The molecule has 3 heterocycles. The lowest BCUT2D eigenvalue weighted by Gasteiger charge is -2.34. The van der Waals surface area contributed by atoms with Crippen LogP contribution in [0.15, 0.2) is 66.7 Å². The summed E-state index contributed by atoms with van der Waals surface area (Å²) in [5.41, 5.74) is 5.81. The number of hydrogen-bond donors (Lipinski definition) is 0. The summed E-state index contributed by atoms with van der Waals surface area (Å²) in [6.07, 6.45) is 2.11. The lowest BCUT2D eigenvalue weighted by molar-refractivity contribution is 0.0638. The molecule has 1 aromatic heterocycles. The number of amides is 1. The van der Waals surface area contributed by atoms with Crippen molar-refractivity contribution in [3.8, 4) is 17.2 Å². The Hall–Kier alpha value is -3.85. The number of fused-ring (bicyclic) bond motifs is 1. The van der Waals surface area contributed by atoms with Gasteiger partial charge >= 0.3 is 0 Å². The number of likely N-dealkylation sites (N-methyl/N-ethyl adjacent to an activating group) is 1. The number of piperazine rings is 2. The second-order valence-corrected chi connectivity index (χ2v) is 12.9. The summed E-state index contributed by atoms with van der Waals surface area (Å²) in [5, 5.41) is 1.23. The van der Waals surface area contributed by atoms with E-state index >= 15 is 0 Å². The molecule has 6 rings (SSSR count). The van der Waals surface area contributed by atoms with E-state index in [9.17, 15) is 4.79 Å². The number of aromatic nitrogens is 1. The van der Waals surface area contributed by atoms with Crippen LogP contribution >= 0.6 is 0 Å². The number of carbonyl (C=O) groups is 1. The van der Waals surface area contributed by atoms with E-state index in [1.54, 1.807) is 7.11 Å². The fraction of sp³-hybridized carbons (Fsp3) is 0.447. The van der Waals surface area contributed by atoms with Gasteiger partial charge in [-0.2, -0.15) is 0 Å². The Morgan fingerprint density at radius 1 is 0.739 bits per heavy atom. The van der Waals surface area contributed by atoms with Gasteiger partial charge in [0.15, 0.2) is 0 Å². The van der Waals surface area contributed by atoms with Crippen molar-refractivity contribution in [3.05, 3.63) is 89.1 Å². The zero-order valence-corrected chi connectivity index (χ0v) is 28.0. The van der Waals surface area contributed by atoms with Crippen LogP contribution in [0, 0.1) is 13.8 Å². The van der Waals surface area contributed by atoms with Crippen LogP contribution in [0.3, 0.4) is 0 Å². The molecule has 0 aliphatic carbocycles. The monoisotopic (exact) mass is 623 g/mol. The smallest absolute Gasteiger partial charge is 0.254 e. The van der Waals surface area contributed by atoms with Crippen LogP contribution in [0.1, 0.15) is 33.6 Å². The number of nitrogens with zero attached hydrogens (tertiary/aromatic N) is 5. The van der Waals surface area contributed by atoms with Gasteiger partial charge in [-0.15, -0.1) is 0 Å². The quantitative estimate of drug-likeness (QED) is 0.214. The van der Waals surface area contributed by atoms with E-state index in [2.05, 4.69) is 70.5 Å². The maximum Gasteiger partial charge on any atom is 0.254 e. The zero-order chi connectivity index (χ0) is 32.0. The SMILES string of the molecule is COc1cccc(CCN2CCN(C(=O)c3cccc(Oc4ccc5c(c4)c(C)c(C)n5CCCN4CCN(C)CC4)c3)CC2)c1. The van der Waals surface area contributed by atoms with Crippen LogP contribution in [0.2, 0.25) is 0 Å². The van der Waals surface area contributed by atoms with Crippen molar-refractivity contribution < 1.29 is 14.3 Å². The van der Waals surface area contributed by atoms with Crippen LogP contribution in [-0.4, -0.2) is 110 Å². The Morgan fingerprint density at radius 2 is 1.43 bits per heavy atom. The van der Waals surface area contributed by atoms with Crippen molar-refractivity contribution in [2.45, 2.75) is 33.2 Å². The van der Waals surface area contributed by atoms with E-state index < -0.39 is 0 Å². The summed E-state index contributed by atoms with van der Waals surface area (Å²) in [5.74, 6) is 2.43. The Kier molecular flexibility index (Phi) is 10.3. The predicted octanol–water partition coefficient (Wildman–Crippen LogP) is 5.70. The maximum absolute atomic E-state index is 13.5. The molecule has 0 atom stereocenters. The van der Waals surface area contributed by atoms with Crippen molar-refractivity contribution >= 4 is 16.8 Å². The summed E-state index contributed by atoms with van der Waals surface area (Å²) in [4.78, 5) is 22.8. The Labute approximate surface area is 274 Å². The lowest BCUT2D eigenvalue weighted by atomic mass is 10.1. The minimum atomic E-state index is 0.0634. The van der Waals surface area contributed by atoms with Crippen LogP contribution in [0.4, 0.5) is 0 Å². The van der Waals surface area contributed by atoms with Crippen LogP contribution in [0.5, 0.6) is 17.2 Å². The Morgan fingerprint density at radius 3 is 2.22 bits per heavy atom. The van der Waals surface area contributed by atoms with E-state index in [4.69, 9.17) is 9.47 Å². The Balaban J connectivity index is 1.03. The van der Waals surface area contributed by atoms with Gasteiger partial charge in [0.25, 0.3) is 5.91 Å². The highest BCUT2D eigenvalue weighted by Gasteiger charge is 2.23. The van der Waals surface area contributed by atoms with E-state index in [-0.39, 0.29) is 5.91 Å². The van der Waals surface area contributed by atoms with Crippen molar-refractivity contribution in [3.63, 3.8) is 0 Å². The predicted molar refractivity (Wildman–Crippen MR) is 186 cm³/mol. The summed E-state index contributed by atoms with van der Waals surface area (Å²) in [7, 11) is 3.91. The molecule has 0 spiro atoms. The highest BCUT2D eigenvalue weighted by molar-refractivity contribution is 5.94. The van der Waals surface area contributed by atoms with E-state index in [0.717, 1.165) is 96.3 Å². The summed E-state index contributed by atoms with van der Waals surface area (Å²) in [6, 6.07) is 22.3. The first-order valence-electron chi connectivity index (χ1n) is 16.8. The molecule has 3 aromatic carbocycles. The van der Waals surface area contributed by atoms with Gasteiger partial charge in [0.2, 0.25) is 0 Å². The highest BCUT2D eigenvalue weighted by atomic mass is 16.5. The van der Waals surface area contributed by atoms with Gasteiger partial charge in [0.1, 0.15) is 17.2 Å². The molecule has 2 aliphatic rings. The number of aryl methyl sites for hydroxylation is 2. The second-order valence-electron chi connectivity index (χ2n) is 12.9. The molecule has 0 radical (unpaired) electrons. The molecule has 1 amide bonds. The zero-order valence-electron chi connectivity index (χ0n) is 28.0. The minimum Gasteiger partial charge on any atom is -0.497 e. The number of hydrogen-bond acceptors (Lipinski definition) is 6. The Bertz CT molecular complexity index is 1630. The highest BCUT2D eigenvalue weighted by Crippen LogP contribution is 2.31. The normalized spacial score (nSPS) is 16.7. The van der Waals surface area contributed by atoms with Gasteiger partial charge in [-0.3, -0.25) is 9.69 Å². The van der Waals surface area contributed by atoms with Crippen LogP contribution in [-0.2, 0) is 13.0 Å².